The molecule has 12 nitrogen and oxygen atoms in total. The fourth-order valence-corrected chi connectivity index (χ4v) is 0. The minimum absolute atomic E-state index is 0. The zero-order valence-electron chi connectivity index (χ0n) is 8.79. The van der Waals surface area contributed by atoms with Crippen LogP contribution in [-0.4, -0.2) is 88.2 Å². The predicted octanol–water partition coefficient (Wildman–Crippen LogP) is -8.35. The second kappa shape index (κ2) is 17.6. The molecule has 0 amide bonds. The molecule has 0 saturated heterocycles. The van der Waals surface area contributed by atoms with E-state index in [9.17, 15) is 0 Å². The van der Waals surface area contributed by atoms with Gasteiger partial charge in [0.15, 0.2) is 0 Å². The number of hydrogen-bond acceptors (Lipinski definition) is 12. The molecule has 0 aliphatic heterocycles. The first-order chi connectivity index (χ1) is 7.93. The van der Waals surface area contributed by atoms with Crippen LogP contribution in [0.25, 0.3) is 0 Å². The van der Waals surface area contributed by atoms with Gasteiger partial charge in [0.05, 0.1) is 35.8 Å². The van der Waals surface area contributed by atoms with Gasteiger partial charge in [0, 0.05) is 17.1 Å². The maximum Gasteiger partial charge on any atom is 3.00 e. The molecule has 0 aliphatic rings. The number of carbonyl (C=O) groups is 6. The van der Waals surface area contributed by atoms with Crippen LogP contribution in [0.3, 0.4) is 0 Å². The molecule has 0 heterocycles. The number of hydrogen-bond donors (Lipinski definition) is 0. The fraction of sp³-hybridized carbons (Fsp3) is 0. The SMILES string of the molecule is O=C([O-])C(=O)[O-].O=C([O-])C(=O)[O-].O=C([O-])C(=O)[O-].[Bi+3].[Bi+3].[HH].[HH].[HH].[HH].[HH].[HH].[HH].[HH].[HH].[HH].[HH].[HH]. The first-order valence-corrected chi connectivity index (χ1v) is 3.20. The number of carbonyl (C=O) groups excluding carboxylic acids is 6. The molecule has 0 saturated carbocycles. The topological polar surface area (TPSA) is 241 Å². The van der Waals surface area contributed by atoms with Gasteiger partial charge in [0.25, 0.3) is 0 Å². The monoisotopic (exact) mass is 706 g/mol. The fourth-order valence-electron chi connectivity index (χ4n) is 0. The van der Waals surface area contributed by atoms with E-state index in [1.165, 1.54) is 0 Å². The summed E-state index contributed by atoms with van der Waals surface area (Å²) in [5.41, 5.74) is 0. The van der Waals surface area contributed by atoms with Crippen molar-refractivity contribution in [1.29, 1.82) is 0 Å². The van der Waals surface area contributed by atoms with E-state index in [0.717, 1.165) is 0 Å². The van der Waals surface area contributed by atoms with Gasteiger partial charge in [-0.05, 0) is 0 Å². The van der Waals surface area contributed by atoms with Crippen LogP contribution in [-0.2, 0) is 28.8 Å². The summed E-state index contributed by atoms with van der Waals surface area (Å²) < 4.78 is 0. The standard InChI is InChI=1S/3C2H2O4.2Bi.12H2/c3*3-1(4)2(5)6;;;;;;;;;;;;;;/h3*(H,3,4)(H,5,6);;;12*1H/q;;;2*+3;;;;;;;;;;;;/p-6. The Morgan fingerprint density at radius 3 is 0.450 bits per heavy atom. The molecule has 14 heteroatoms. The summed E-state index contributed by atoms with van der Waals surface area (Å²) in [6.07, 6.45) is 0. The molecule has 0 bridgehead atoms. The first-order valence-electron chi connectivity index (χ1n) is 3.20. The van der Waals surface area contributed by atoms with E-state index in [4.69, 9.17) is 59.4 Å². The van der Waals surface area contributed by atoms with Crippen molar-refractivity contribution in [2.45, 2.75) is 0 Å². The smallest absolute Gasteiger partial charge is 0.543 e. The third-order valence-corrected chi connectivity index (χ3v) is 0.500. The molecular formula is C6H24Bi2O12. The zero-order chi connectivity index (χ0) is 15.5. The van der Waals surface area contributed by atoms with Gasteiger partial charge in [0.2, 0.25) is 0 Å². The third-order valence-electron chi connectivity index (χ3n) is 0.500. The van der Waals surface area contributed by atoms with Crippen molar-refractivity contribution in [2.24, 2.45) is 0 Å². The molecule has 0 fully saturated rings. The van der Waals surface area contributed by atoms with Gasteiger partial charge >= 0.3 is 52.4 Å². The van der Waals surface area contributed by atoms with E-state index in [2.05, 4.69) is 0 Å². The van der Waals surface area contributed by atoms with Crippen LogP contribution in [0.1, 0.15) is 17.1 Å². The van der Waals surface area contributed by atoms with Gasteiger partial charge in [-0.3, -0.25) is 0 Å². The van der Waals surface area contributed by atoms with Crippen LogP contribution in [0.15, 0.2) is 0 Å². The normalized spacial score (nSPS) is 6.60. The summed E-state index contributed by atoms with van der Waals surface area (Å²) >= 11 is 0. The Bertz CT molecular complexity index is 312. The van der Waals surface area contributed by atoms with Crippen molar-refractivity contribution < 1.29 is 76.5 Å². The Kier molecular flexibility index (Phi) is 27.4. The number of aliphatic carboxylic acids is 6. The molecule has 0 aromatic heterocycles. The van der Waals surface area contributed by atoms with Gasteiger partial charge in [-0.1, -0.05) is 0 Å². The summed E-state index contributed by atoms with van der Waals surface area (Å²) in [7, 11) is 0. The van der Waals surface area contributed by atoms with Gasteiger partial charge in [-0.25, -0.2) is 0 Å². The first kappa shape index (κ1) is 31.1. The van der Waals surface area contributed by atoms with Crippen molar-refractivity contribution in [3.63, 3.8) is 0 Å². The Morgan fingerprint density at radius 1 is 0.400 bits per heavy atom. The van der Waals surface area contributed by atoms with Crippen LogP contribution in [0.4, 0.5) is 0 Å². The van der Waals surface area contributed by atoms with Crippen LogP contribution in [0, 0.1) is 0 Å². The second-order valence-corrected chi connectivity index (χ2v) is 1.72. The van der Waals surface area contributed by atoms with Crippen LogP contribution in [0.5, 0.6) is 0 Å². The minimum Gasteiger partial charge on any atom is -0.543 e. The van der Waals surface area contributed by atoms with E-state index in [0.29, 0.717) is 0 Å². The minimum atomic E-state index is -2.19. The molecule has 130 valence electrons. The maximum atomic E-state index is 8.93. The molecule has 0 aliphatic carbocycles. The Labute approximate surface area is 165 Å². The number of carboxylic acids is 6. The van der Waals surface area contributed by atoms with Gasteiger partial charge in [0.1, 0.15) is 0 Å². The van der Waals surface area contributed by atoms with E-state index in [-0.39, 0.29) is 69.5 Å². The van der Waals surface area contributed by atoms with E-state index >= 15 is 0 Å². The van der Waals surface area contributed by atoms with E-state index in [1.807, 2.05) is 0 Å². The second-order valence-electron chi connectivity index (χ2n) is 1.72. The quantitative estimate of drug-likeness (QED) is 0.169. The molecule has 0 N–H and O–H groups in total. The summed E-state index contributed by atoms with van der Waals surface area (Å²) in [6.45, 7) is 0. The maximum absolute atomic E-state index is 8.93. The largest absolute Gasteiger partial charge is 3.00 e. The summed E-state index contributed by atoms with van der Waals surface area (Å²) in [4.78, 5) is 53.6. The molecule has 0 spiro atoms. The molecule has 0 rings (SSSR count). The number of rotatable bonds is 0. The molecular weight excluding hydrogens is 682 g/mol. The van der Waals surface area contributed by atoms with Gasteiger partial charge in [-0.15, -0.1) is 0 Å². The predicted molar refractivity (Wildman–Crippen MR) is 66.9 cm³/mol. The Morgan fingerprint density at radius 2 is 0.450 bits per heavy atom. The Balaban J connectivity index is -0.00000000577. The zero-order valence-corrected chi connectivity index (χ0v) is 15.7. The van der Waals surface area contributed by atoms with E-state index < -0.39 is 35.8 Å². The molecule has 0 atom stereocenters. The van der Waals surface area contributed by atoms with Crippen molar-refractivity contribution in [1.82, 2.24) is 0 Å². The number of carboxylic acid groups (broad SMARTS) is 6. The Hall–Kier alpha value is -1.41. The van der Waals surface area contributed by atoms with Crippen molar-refractivity contribution >= 4 is 88.2 Å². The summed E-state index contributed by atoms with van der Waals surface area (Å²) in [5.74, 6) is -13.1. The van der Waals surface area contributed by atoms with Gasteiger partial charge in [-0.2, -0.15) is 0 Å². The summed E-state index contributed by atoms with van der Waals surface area (Å²) in [6, 6.07) is 0. The van der Waals surface area contributed by atoms with E-state index in [1.54, 1.807) is 0 Å². The van der Waals surface area contributed by atoms with Crippen molar-refractivity contribution in [3.05, 3.63) is 0 Å². The van der Waals surface area contributed by atoms with Crippen LogP contribution < -0.4 is 30.6 Å². The van der Waals surface area contributed by atoms with Crippen molar-refractivity contribution in [2.75, 3.05) is 0 Å². The van der Waals surface area contributed by atoms with Crippen molar-refractivity contribution in [3.8, 4) is 0 Å². The average Bonchev–Trinajstić information content (AvgIpc) is 2.18. The molecule has 0 unspecified atom stereocenters. The molecule has 20 heavy (non-hydrogen) atoms. The van der Waals surface area contributed by atoms with Crippen LogP contribution >= 0.6 is 0 Å². The molecule has 0 aromatic carbocycles. The van der Waals surface area contributed by atoms with Gasteiger partial charge < -0.3 is 59.4 Å². The molecule has 0 aromatic rings. The molecule has 4 radical (unpaired) electrons. The summed E-state index contributed by atoms with van der Waals surface area (Å²) in [5, 5.41) is 53.6. The van der Waals surface area contributed by atoms with Crippen LogP contribution in [0.2, 0.25) is 0 Å². The average molecular weight is 706 g/mol. The third kappa shape index (κ3) is 36.0.